The van der Waals surface area contributed by atoms with E-state index >= 15 is 0 Å². The molecule has 0 saturated heterocycles. The monoisotopic (exact) mass is 296 g/mol. The number of hydrogen-bond acceptors (Lipinski definition) is 2. The minimum absolute atomic E-state index is 0.137. The fourth-order valence-electron chi connectivity index (χ4n) is 2.30. The molecule has 0 unspecified atom stereocenters. The van der Waals surface area contributed by atoms with Crippen molar-refractivity contribution in [1.29, 1.82) is 0 Å². The molecule has 1 saturated carbocycles. The van der Waals surface area contributed by atoms with Crippen LogP contribution >= 0.6 is 15.9 Å². The highest BCUT2D eigenvalue weighted by molar-refractivity contribution is 9.10. The molecule has 4 heteroatoms. The van der Waals surface area contributed by atoms with Crippen LogP contribution in [0.3, 0.4) is 0 Å². The van der Waals surface area contributed by atoms with Crippen LogP contribution in [0.1, 0.15) is 19.3 Å². The normalized spacial score (nSPS) is 17.4. The van der Waals surface area contributed by atoms with E-state index in [4.69, 9.17) is 5.73 Å². The second-order valence-corrected chi connectivity index (χ2v) is 5.51. The van der Waals surface area contributed by atoms with Gasteiger partial charge in [0.2, 0.25) is 5.91 Å². The van der Waals surface area contributed by atoms with Gasteiger partial charge in [-0.1, -0.05) is 18.6 Å². The predicted octanol–water partition coefficient (Wildman–Crippen LogP) is 2.54. The first-order valence-electron chi connectivity index (χ1n) is 5.83. The van der Waals surface area contributed by atoms with Gasteiger partial charge >= 0.3 is 0 Å². The molecule has 0 spiro atoms. The third-order valence-corrected chi connectivity index (χ3v) is 4.34. The maximum Gasteiger partial charge on any atom is 0.234 e. The molecule has 0 atom stereocenters. The molecule has 0 aliphatic heterocycles. The van der Waals surface area contributed by atoms with Gasteiger partial charge in [-0.15, -0.1) is 0 Å². The van der Waals surface area contributed by atoms with E-state index in [1.54, 1.807) is 4.90 Å². The van der Waals surface area contributed by atoms with Crippen LogP contribution in [0.5, 0.6) is 0 Å². The maximum absolute atomic E-state index is 12.5. The highest BCUT2D eigenvalue weighted by atomic mass is 79.9. The fraction of sp³-hybridized carbons (Fsp3) is 0.462. The SMILES string of the molecule is CN(C(=O)C1(CN)CCC1)c1ccccc1Br. The molecule has 92 valence electrons. The quantitative estimate of drug-likeness (QED) is 0.932. The van der Waals surface area contributed by atoms with Gasteiger partial charge in [0.1, 0.15) is 0 Å². The van der Waals surface area contributed by atoms with Gasteiger partial charge in [-0.2, -0.15) is 0 Å². The lowest BCUT2D eigenvalue weighted by molar-refractivity contribution is -0.131. The highest BCUT2D eigenvalue weighted by Crippen LogP contribution is 2.42. The molecule has 0 aromatic heterocycles. The van der Waals surface area contributed by atoms with Gasteiger partial charge in [-0.05, 0) is 40.9 Å². The van der Waals surface area contributed by atoms with Crippen molar-refractivity contribution >= 4 is 27.5 Å². The third kappa shape index (κ3) is 2.11. The van der Waals surface area contributed by atoms with Crippen molar-refractivity contribution in [2.75, 3.05) is 18.5 Å². The molecule has 2 rings (SSSR count). The van der Waals surface area contributed by atoms with E-state index in [-0.39, 0.29) is 11.3 Å². The average molecular weight is 297 g/mol. The van der Waals surface area contributed by atoms with E-state index in [9.17, 15) is 4.79 Å². The van der Waals surface area contributed by atoms with Crippen molar-refractivity contribution in [2.45, 2.75) is 19.3 Å². The summed E-state index contributed by atoms with van der Waals surface area (Å²) in [4.78, 5) is 14.2. The number of carbonyl (C=O) groups excluding carboxylic acids is 1. The van der Waals surface area contributed by atoms with Crippen molar-refractivity contribution in [1.82, 2.24) is 0 Å². The molecule has 17 heavy (non-hydrogen) atoms. The van der Waals surface area contributed by atoms with Gasteiger partial charge in [-0.25, -0.2) is 0 Å². The molecule has 0 bridgehead atoms. The second kappa shape index (κ2) is 4.78. The summed E-state index contributed by atoms with van der Waals surface area (Å²) in [6.07, 6.45) is 2.93. The summed E-state index contributed by atoms with van der Waals surface area (Å²) in [5.41, 5.74) is 6.35. The largest absolute Gasteiger partial charge is 0.329 e. The van der Waals surface area contributed by atoms with E-state index in [1.807, 2.05) is 31.3 Å². The summed E-state index contributed by atoms with van der Waals surface area (Å²) in [5, 5.41) is 0. The minimum atomic E-state index is -0.315. The molecule has 2 N–H and O–H groups in total. The Labute approximate surface area is 110 Å². The lowest BCUT2D eigenvalue weighted by Gasteiger charge is -2.41. The van der Waals surface area contributed by atoms with E-state index < -0.39 is 0 Å². The van der Waals surface area contributed by atoms with Gasteiger partial charge in [0.25, 0.3) is 0 Å². The molecule has 0 radical (unpaired) electrons. The van der Waals surface area contributed by atoms with Gasteiger partial charge < -0.3 is 10.6 Å². The first-order valence-corrected chi connectivity index (χ1v) is 6.63. The maximum atomic E-state index is 12.5. The van der Waals surface area contributed by atoms with Crippen LogP contribution in [-0.2, 0) is 4.79 Å². The second-order valence-electron chi connectivity index (χ2n) is 4.65. The molecule has 3 nitrogen and oxygen atoms in total. The van der Waals surface area contributed by atoms with Crippen molar-refractivity contribution in [3.8, 4) is 0 Å². The molecule has 0 heterocycles. The van der Waals surface area contributed by atoms with E-state index in [1.165, 1.54) is 0 Å². The van der Waals surface area contributed by atoms with Gasteiger partial charge in [-0.3, -0.25) is 4.79 Å². The number of rotatable bonds is 3. The third-order valence-electron chi connectivity index (χ3n) is 3.67. The smallest absolute Gasteiger partial charge is 0.234 e. The summed E-state index contributed by atoms with van der Waals surface area (Å²) < 4.78 is 0.933. The van der Waals surface area contributed by atoms with Gasteiger partial charge in [0.05, 0.1) is 11.1 Å². The lowest BCUT2D eigenvalue weighted by Crippen LogP contribution is -2.51. The number of benzene rings is 1. The zero-order valence-electron chi connectivity index (χ0n) is 9.95. The Balaban J connectivity index is 2.23. The molecule has 1 amide bonds. The highest BCUT2D eigenvalue weighted by Gasteiger charge is 2.44. The topological polar surface area (TPSA) is 46.3 Å². The Kier molecular flexibility index (Phi) is 3.54. The minimum Gasteiger partial charge on any atom is -0.329 e. The molecule has 1 fully saturated rings. The van der Waals surface area contributed by atoms with Crippen molar-refractivity contribution in [3.05, 3.63) is 28.7 Å². The van der Waals surface area contributed by atoms with Crippen molar-refractivity contribution < 1.29 is 4.79 Å². The predicted molar refractivity (Wildman–Crippen MR) is 72.9 cm³/mol. The Hall–Kier alpha value is -0.870. The molecule has 1 aromatic carbocycles. The van der Waals surface area contributed by atoms with Crippen LogP contribution in [0.4, 0.5) is 5.69 Å². The number of carbonyl (C=O) groups is 1. The molecular formula is C13H17BrN2O. The van der Waals surface area contributed by atoms with Crippen LogP contribution in [0.25, 0.3) is 0 Å². The summed E-state index contributed by atoms with van der Waals surface area (Å²) in [6, 6.07) is 7.74. The number of nitrogens with two attached hydrogens (primary N) is 1. The summed E-state index contributed by atoms with van der Waals surface area (Å²) in [7, 11) is 1.82. The molecule has 1 aromatic rings. The standard InChI is InChI=1S/C13H17BrN2O/c1-16(11-6-3-2-5-10(11)14)12(17)13(9-15)7-4-8-13/h2-3,5-6H,4,7-9,15H2,1H3. The number of amides is 1. The van der Waals surface area contributed by atoms with Crippen molar-refractivity contribution in [3.63, 3.8) is 0 Å². The first kappa shape index (κ1) is 12.6. The average Bonchev–Trinajstić information content (AvgIpc) is 2.28. The zero-order chi connectivity index (χ0) is 12.5. The van der Waals surface area contributed by atoms with E-state index in [0.29, 0.717) is 6.54 Å². The zero-order valence-corrected chi connectivity index (χ0v) is 11.5. The van der Waals surface area contributed by atoms with Gasteiger partial charge in [0, 0.05) is 18.1 Å². The molecular weight excluding hydrogens is 280 g/mol. The summed E-state index contributed by atoms with van der Waals surface area (Å²) in [5.74, 6) is 0.137. The number of hydrogen-bond donors (Lipinski definition) is 1. The Bertz CT molecular complexity index is 424. The van der Waals surface area contributed by atoms with Crippen LogP contribution in [0.2, 0.25) is 0 Å². The number of anilines is 1. The first-order chi connectivity index (χ1) is 8.10. The summed E-state index contributed by atoms with van der Waals surface area (Å²) >= 11 is 3.47. The fourth-order valence-corrected chi connectivity index (χ4v) is 2.85. The van der Waals surface area contributed by atoms with E-state index in [0.717, 1.165) is 29.4 Å². The van der Waals surface area contributed by atoms with Crippen LogP contribution in [-0.4, -0.2) is 19.5 Å². The van der Waals surface area contributed by atoms with Crippen LogP contribution < -0.4 is 10.6 Å². The van der Waals surface area contributed by atoms with Gasteiger partial charge in [0.15, 0.2) is 0 Å². The van der Waals surface area contributed by atoms with Crippen LogP contribution in [0, 0.1) is 5.41 Å². The number of halogens is 1. The lowest BCUT2D eigenvalue weighted by atomic mass is 9.68. The molecule has 1 aliphatic carbocycles. The van der Waals surface area contributed by atoms with Crippen molar-refractivity contribution in [2.24, 2.45) is 11.1 Å². The number of para-hydroxylation sites is 1. The molecule has 1 aliphatic rings. The number of nitrogens with zero attached hydrogens (tertiary/aromatic N) is 1. The van der Waals surface area contributed by atoms with Crippen LogP contribution in [0.15, 0.2) is 28.7 Å². The Morgan fingerprint density at radius 2 is 2.12 bits per heavy atom. The Morgan fingerprint density at radius 1 is 1.47 bits per heavy atom. The Morgan fingerprint density at radius 3 is 2.59 bits per heavy atom. The van der Waals surface area contributed by atoms with E-state index in [2.05, 4.69) is 15.9 Å². The summed E-state index contributed by atoms with van der Waals surface area (Å²) in [6.45, 7) is 0.445.